The largest absolute Gasteiger partial charge is 0.340 e. The van der Waals surface area contributed by atoms with Gasteiger partial charge in [-0.2, -0.15) is 0 Å². The molecule has 5 heteroatoms. The van der Waals surface area contributed by atoms with E-state index in [1.807, 2.05) is 0 Å². The second-order valence-corrected chi connectivity index (χ2v) is 3.54. The standard InChI is InChI=1S/C13H10O5/c14-13(9-4-2-1-3-5-9)11-7-6-10(17-15)8-12(11)18-16/h1-8,15-16H. The summed E-state index contributed by atoms with van der Waals surface area (Å²) in [5, 5.41) is 17.2. The number of hydrogen-bond donors (Lipinski definition) is 2. The lowest BCUT2D eigenvalue weighted by molar-refractivity contribution is -0.144. The molecule has 0 aliphatic carbocycles. The Hall–Kier alpha value is -2.37. The summed E-state index contributed by atoms with van der Waals surface area (Å²) in [4.78, 5) is 20.2. The fraction of sp³-hybridized carbons (Fsp3) is 0. The van der Waals surface area contributed by atoms with Crippen molar-refractivity contribution in [3.63, 3.8) is 0 Å². The molecule has 2 aromatic carbocycles. The molecule has 18 heavy (non-hydrogen) atoms. The summed E-state index contributed by atoms with van der Waals surface area (Å²) < 4.78 is 0. The topological polar surface area (TPSA) is 76.0 Å². The molecule has 2 aromatic rings. The van der Waals surface area contributed by atoms with Crippen molar-refractivity contribution < 1.29 is 25.1 Å². The minimum atomic E-state index is -0.302. The molecule has 0 aliphatic heterocycles. The van der Waals surface area contributed by atoms with Crippen molar-refractivity contribution in [2.24, 2.45) is 0 Å². The van der Waals surface area contributed by atoms with E-state index >= 15 is 0 Å². The molecular formula is C13H10O5. The van der Waals surface area contributed by atoms with Crippen molar-refractivity contribution in [1.82, 2.24) is 0 Å². The number of benzene rings is 2. The molecule has 0 bridgehead atoms. The first-order valence-corrected chi connectivity index (χ1v) is 5.13. The predicted octanol–water partition coefficient (Wildman–Crippen LogP) is 2.62. The molecule has 0 aromatic heterocycles. The van der Waals surface area contributed by atoms with Crippen molar-refractivity contribution in [2.75, 3.05) is 0 Å². The molecule has 0 fully saturated rings. The molecule has 2 N–H and O–H groups in total. The van der Waals surface area contributed by atoms with E-state index in [1.54, 1.807) is 30.3 Å². The molecule has 92 valence electrons. The molecule has 2 rings (SSSR count). The van der Waals surface area contributed by atoms with E-state index in [9.17, 15) is 4.79 Å². The average Bonchev–Trinajstić information content (AvgIpc) is 2.46. The molecule has 0 radical (unpaired) electrons. The maximum atomic E-state index is 12.1. The van der Waals surface area contributed by atoms with Gasteiger partial charge in [-0.05, 0) is 12.1 Å². The van der Waals surface area contributed by atoms with Gasteiger partial charge >= 0.3 is 0 Å². The minimum Gasteiger partial charge on any atom is -0.340 e. The highest BCUT2D eigenvalue weighted by Crippen LogP contribution is 2.26. The Balaban J connectivity index is 2.42. The first kappa shape index (κ1) is 12.1. The van der Waals surface area contributed by atoms with Gasteiger partial charge in [-0.25, -0.2) is 10.5 Å². The number of carbonyl (C=O) groups is 1. The normalized spacial score (nSPS) is 9.89. The Morgan fingerprint density at radius 3 is 2.28 bits per heavy atom. The fourth-order valence-corrected chi connectivity index (χ4v) is 1.57. The quantitative estimate of drug-likeness (QED) is 0.492. The Labute approximate surface area is 103 Å². The Morgan fingerprint density at radius 2 is 1.67 bits per heavy atom. The molecule has 0 amide bonds. The maximum absolute atomic E-state index is 12.1. The highest BCUT2D eigenvalue weighted by Gasteiger charge is 2.16. The second-order valence-electron chi connectivity index (χ2n) is 3.54. The van der Waals surface area contributed by atoms with Gasteiger partial charge in [0.25, 0.3) is 0 Å². The molecule has 0 unspecified atom stereocenters. The van der Waals surface area contributed by atoms with E-state index in [0.717, 1.165) is 0 Å². The lowest BCUT2D eigenvalue weighted by atomic mass is 10.0. The van der Waals surface area contributed by atoms with Crippen LogP contribution in [-0.2, 0) is 0 Å². The van der Waals surface area contributed by atoms with Gasteiger partial charge in [-0.15, -0.1) is 0 Å². The van der Waals surface area contributed by atoms with Crippen LogP contribution in [0.2, 0.25) is 0 Å². The molecule has 5 nitrogen and oxygen atoms in total. The van der Waals surface area contributed by atoms with Crippen molar-refractivity contribution in [1.29, 1.82) is 0 Å². The van der Waals surface area contributed by atoms with Crippen LogP contribution in [0.15, 0.2) is 48.5 Å². The van der Waals surface area contributed by atoms with Gasteiger partial charge in [0.05, 0.1) is 5.56 Å². The minimum absolute atomic E-state index is 0.0589. The van der Waals surface area contributed by atoms with E-state index in [0.29, 0.717) is 5.56 Å². The summed E-state index contributed by atoms with van der Waals surface area (Å²) in [5.74, 6) is -0.330. The number of carbonyl (C=O) groups excluding carboxylic acids is 1. The van der Waals surface area contributed by atoms with Crippen LogP contribution in [0, 0.1) is 0 Å². The van der Waals surface area contributed by atoms with E-state index in [1.165, 1.54) is 18.2 Å². The first-order valence-electron chi connectivity index (χ1n) is 5.13. The first-order chi connectivity index (χ1) is 8.76. The highest BCUT2D eigenvalue weighted by atomic mass is 17.1. The molecule has 0 heterocycles. The van der Waals surface area contributed by atoms with E-state index in [2.05, 4.69) is 9.78 Å². The summed E-state index contributed by atoms with van der Waals surface area (Å²) >= 11 is 0. The van der Waals surface area contributed by atoms with Crippen LogP contribution in [0.4, 0.5) is 0 Å². The van der Waals surface area contributed by atoms with Gasteiger partial charge in [0.1, 0.15) is 0 Å². The second kappa shape index (κ2) is 5.31. The van der Waals surface area contributed by atoms with Crippen molar-refractivity contribution in [3.8, 4) is 11.5 Å². The molecule has 0 saturated heterocycles. The average molecular weight is 246 g/mol. The van der Waals surface area contributed by atoms with Crippen LogP contribution in [0.25, 0.3) is 0 Å². The SMILES string of the molecule is O=C(c1ccccc1)c1ccc(OO)cc1OO. The van der Waals surface area contributed by atoms with E-state index in [-0.39, 0.29) is 22.8 Å². The van der Waals surface area contributed by atoms with Crippen molar-refractivity contribution in [3.05, 3.63) is 59.7 Å². The summed E-state index contributed by atoms with van der Waals surface area (Å²) in [7, 11) is 0. The Morgan fingerprint density at radius 1 is 0.944 bits per heavy atom. The molecular weight excluding hydrogens is 236 g/mol. The van der Waals surface area contributed by atoms with Crippen LogP contribution in [0.3, 0.4) is 0 Å². The third-order valence-corrected chi connectivity index (χ3v) is 2.44. The van der Waals surface area contributed by atoms with Crippen LogP contribution >= 0.6 is 0 Å². The molecule has 0 atom stereocenters. The summed E-state index contributed by atoms with van der Waals surface area (Å²) in [6, 6.07) is 12.6. The molecule has 0 saturated carbocycles. The fourth-order valence-electron chi connectivity index (χ4n) is 1.57. The van der Waals surface area contributed by atoms with E-state index in [4.69, 9.17) is 10.5 Å². The van der Waals surface area contributed by atoms with Crippen LogP contribution < -0.4 is 9.78 Å². The zero-order chi connectivity index (χ0) is 13.0. The third-order valence-electron chi connectivity index (χ3n) is 2.44. The van der Waals surface area contributed by atoms with Crippen molar-refractivity contribution in [2.45, 2.75) is 0 Å². The monoisotopic (exact) mass is 246 g/mol. The van der Waals surface area contributed by atoms with Gasteiger partial charge in [0.2, 0.25) is 0 Å². The zero-order valence-electron chi connectivity index (χ0n) is 9.24. The van der Waals surface area contributed by atoms with Gasteiger partial charge in [-0.3, -0.25) is 4.79 Å². The molecule has 0 aliphatic rings. The Bertz CT molecular complexity index is 551. The van der Waals surface area contributed by atoms with Gasteiger partial charge in [0, 0.05) is 11.6 Å². The van der Waals surface area contributed by atoms with E-state index < -0.39 is 0 Å². The number of ketones is 1. The predicted molar refractivity (Wildman–Crippen MR) is 62.8 cm³/mol. The summed E-state index contributed by atoms with van der Waals surface area (Å²) in [5.41, 5.74) is 0.637. The smallest absolute Gasteiger partial charge is 0.196 e. The van der Waals surface area contributed by atoms with Crippen LogP contribution in [0.1, 0.15) is 15.9 Å². The summed E-state index contributed by atoms with van der Waals surface area (Å²) in [6.45, 7) is 0. The maximum Gasteiger partial charge on any atom is 0.196 e. The van der Waals surface area contributed by atoms with Crippen molar-refractivity contribution >= 4 is 5.78 Å². The van der Waals surface area contributed by atoms with Gasteiger partial charge < -0.3 is 9.78 Å². The number of hydrogen-bond acceptors (Lipinski definition) is 5. The van der Waals surface area contributed by atoms with Crippen LogP contribution in [0.5, 0.6) is 11.5 Å². The van der Waals surface area contributed by atoms with Gasteiger partial charge in [0.15, 0.2) is 17.3 Å². The lowest BCUT2D eigenvalue weighted by Crippen LogP contribution is -2.04. The third kappa shape index (κ3) is 2.32. The lowest BCUT2D eigenvalue weighted by Gasteiger charge is -2.06. The number of rotatable bonds is 4. The zero-order valence-corrected chi connectivity index (χ0v) is 9.24. The summed E-state index contributed by atoms with van der Waals surface area (Å²) in [6.07, 6.45) is 0. The Kier molecular flexibility index (Phi) is 3.57. The molecule has 0 spiro atoms. The van der Waals surface area contributed by atoms with Crippen LogP contribution in [-0.4, -0.2) is 16.3 Å². The van der Waals surface area contributed by atoms with Gasteiger partial charge in [-0.1, -0.05) is 30.3 Å². The highest BCUT2D eigenvalue weighted by molar-refractivity contribution is 6.10.